The molecule has 3 heterocycles. The number of carbonyl (C=O) groups excluding carboxylic acids is 1. The Balaban J connectivity index is 1.64. The number of nitrogens with zero attached hydrogens (tertiary/aromatic N) is 2. The van der Waals surface area contributed by atoms with Gasteiger partial charge in [0.1, 0.15) is 0 Å². The van der Waals surface area contributed by atoms with Crippen LogP contribution in [0.25, 0.3) is 10.9 Å². The third kappa shape index (κ3) is 2.34. The first-order valence-electron chi connectivity index (χ1n) is 9.26. The zero-order chi connectivity index (χ0) is 16.8. The number of carbonyl (C=O) groups is 1. The maximum Gasteiger partial charge on any atom is 0.231 e. The van der Waals surface area contributed by atoms with Crippen LogP contribution in [0.15, 0.2) is 54.6 Å². The lowest BCUT2D eigenvalue weighted by Crippen LogP contribution is -2.35. The van der Waals surface area contributed by atoms with Crippen molar-refractivity contribution in [3.05, 3.63) is 71.4 Å². The van der Waals surface area contributed by atoms with E-state index in [0.29, 0.717) is 12.5 Å². The van der Waals surface area contributed by atoms with Crippen molar-refractivity contribution in [2.45, 2.75) is 38.3 Å². The maximum atomic E-state index is 12.8. The van der Waals surface area contributed by atoms with Gasteiger partial charge in [0.25, 0.3) is 0 Å². The minimum Gasteiger partial charge on any atom is -0.290 e. The number of rotatable bonds is 2. The van der Waals surface area contributed by atoms with E-state index in [-0.39, 0.29) is 5.91 Å². The summed E-state index contributed by atoms with van der Waals surface area (Å²) in [6.45, 7) is 2.02. The topological polar surface area (TPSA) is 25.2 Å². The minimum absolute atomic E-state index is 0.265. The molecule has 25 heavy (non-hydrogen) atoms. The number of aromatic nitrogens is 1. The predicted molar refractivity (Wildman–Crippen MR) is 99.7 cm³/mol. The van der Waals surface area contributed by atoms with Gasteiger partial charge in [-0.1, -0.05) is 48.5 Å². The van der Waals surface area contributed by atoms with Crippen LogP contribution in [0.1, 0.15) is 46.9 Å². The average Bonchev–Trinajstić information content (AvgIpc) is 2.88. The van der Waals surface area contributed by atoms with E-state index in [2.05, 4.69) is 53.4 Å². The number of hydrogen-bond acceptors (Lipinski definition) is 2. The lowest BCUT2D eigenvalue weighted by Gasteiger charge is -2.36. The lowest BCUT2D eigenvalue weighted by atomic mass is 9.94. The molecule has 0 aliphatic carbocycles. The van der Waals surface area contributed by atoms with Crippen molar-refractivity contribution in [2.24, 2.45) is 0 Å². The van der Waals surface area contributed by atoms with E-state index in [1.165, 1.54) is 22.2 Å². The highest BCUT2D eigenvalue weighted by molar-refractivity contribution is 5.96. The van der Waals surface area contributed by atoms with Gasteiger partial charge in [-0.2, -0.15) is 0 Å². The van der Waals surface area contributed by atoms with Crippen molar-refractivity contribution < 1.29 is 4.79 Å². The van der Waals surface area contributed by atoms with Gasteiger partial charge in [0.15, 0.2) is 0 Å². The molecule has 0 bridgehead atoms. The van der Waals surface area contributed by atoms with Gasteiger partial charge in [-0.05, 0) is 36.5 Å². The molecule has 0 amide bonds. The molecule has 0 N–H and O–H groups in total. The first kappa shape index (κ1) is 14.9. The molecule has 5 rings (SSSR count). The van der Waals surface area contributed by atoms with E-state index in [1.54, 1.807) is 0 Å². The molecule has 3 heteroatoms. The molecule has 1 atom stereocenters. The Bertz CT molecular complexity index is 941. The molecular weight excluding hydrogens is 308 g/mol. The van der Waals surface area contributed by atoms with Gasteiger partial charge < -0.3 is 0 Å². The quantitative estimate of drug-likeness (QED) is 0.688. The maximum absolute atomic E-state index is 12.8. The van der Waals surface area contributed by atoms with Crippen LogP contribution >= 0.6 is 0 Å². The van der Waals surface area contributed by atoms with E-state index in [4.69, 9.17) is 0 Å². The first-order valence-corrected chi connectivity index (χ1v) is 9.26. The van der Waals surface area contributed by atoms with Crippen LogP contribution in [0.5, 0.6) is 0 Å². The number of para-hydroxylation sites is 1. The monoisotopic (exact) mass is 330 g/mol. The normalized spacial score (nSPS) is 20.5. The Morgan fingerprint density at radius 3 is 2.64 bits per heavy atom. The minimum atomic E-state index is 0.265. The highest BCUT2D eigenvalue weighted by Crippen LogP contribution is 2.41. The third-order valence-electron chi connectivity index (χ3n) is 5.77. The van der Waals surface area contributed by atoms with Crippen molar-refractivity contribution in [3.8, 4) is 0 Å². The fourth-order valence-corrected chi connectivity index (χ4v) is 4.68. The van der Waals surface area contributed by atoms with Crippen molar-refractivity contribution >= 4 is 16.8 Å². The fourth-order valence-electron chi connectivity index (χ4n) is 4.68. The second kappa shape index (κ2) is 5.85. The van der Waals surface area contributed by atoms with Gasteiger partial charge in [-0.3, -0.25) is 14.3 Å². The Morgan fingerprint density at radius 2 is 1.76 bits per heavy atom. The van der Waals surface area contributed by atoms with Crippen LogP contribution in [-0.2, 0) is 13.0 Å². The molecule has 0 saturated heterocycles. The van der Waals surface area contributed by atoms with E-state index >= 15 is 0 Å². The van der Waals surface area contributed by atoms with Gasteiger partial charge in [0.2, 0.25) is 5.91 Å². The summed E-state index contributed by atoms with van der Waals surface area (Å²) in [5, 5.41) is 1.28. The molecule has 0 radical (unpaired) electrons. The molecule has 0 spiro atoms. The highest BCUT2D eigenvalue weighted by atomic mass is 16.2. The summed E-state index contributed by atoms with van der Waals surface area (Å²) in [6, 6.07) is 19.5. The van der Waals surface area contributed by atoms with Gasteiger partial charge in [0.05, 0.1) is 11.6 Å². The molecule has 3 aromatic rings. The third-order valence-corrected chi connectivity index (χ3v) is 5.77. The molecule has 2 aliphatic rings. The Hall–Kier alpha value is -2.39. The molecular formula is C22H22N2O. The summed E-state index contributed by atoms with van der Waals surface area (Å²) in [4.78, 5) is 15.4. The SMILES string of the molecule is O=C1CCCC2c3c(c4ccccc4n31)CCN2Cc1ccccc1. The Labute approximate surface area is 147 Å². The summed E-state index contributed by atoms with van der Waals surface area (Å²) in [5.74, 6) is 0.265. The molecule has 126 valence electrons. The Morgan fingerprint density at radius 1 is 0.960 bits per heavy atom. The molecule has 2 aliphatic heterocycles. The summed E-state index contributed by atoms with van der Waals surface area (Å²) in [5.41, 5.74) is 5.13. The van der Waals surface area contributed by atoms with E-state index in [1.807, 2.05) is 10.6 Å². The second-order valence-corrected chi connectivity index (χ2v) is 7.22. The number of benzene rings is 2. The zero-order valence-electron chi connectivity index (χ0n) is 14.3. The Kier molecular flexibility index (Phi) is 3.49. The second-order valence-electron chi connectivity index (χ2n) is 7.22. The van der Waals surface area contributed by atoms with Crippen LogP contribution in [0.4, 0.5) is 0 Å². The largest absolute Gasteiger partial charge is 0.290 e. The fraction of sp³-hybridized carbons (Fsp3) is 0.318. The number of hydrogen-bond donors (Lipinski definition) is 0. The smallest absolute Gasteiger partial charge is 0.231 e. The van der Waals surface area contributed by atoms with Crippen LogP contribution in [0.2, 0.25) is 0 Å². The van der Waals surface area contributed by atoms with Crippen molar-refractivity contribution in [2.75, 3.05) is 6.54 Å². The molecule has 3 nitrogen and oxygen atoms in total. The average molecular weight is 330 g/mol. The highest BCUT2D eigenvalue weighted by Gasteiger charge is 2.35. The summed E-state index contributed by atoms with van der Waals surface area (Å²) in [7, 11) is 0. The van der Waals surface area contributed by atoms with E-state index in [0.717, 1.165) is 37.9 Å². The molecule has 0 saturated carbocycles. The molecule has 2 aromatic carbocycles. The van der Waals surface area contributed by atoms with E-state index < -0.39 is 0 Å². The van der Waals surface area contributed by atoms with Gasteiger partial charge in [0, 0.05) is 30.6 Å². The van der Waals surface area contributed by atoms with Crippen molar-refractivity contribution in [3.63, 3.8) is 0 Å². The summed E-state index contributed by atoms with van der Waals surface area (Å²) < 4.78 is 2.04. The van der Waals surface area contributed by atoms with Crippen molar-refractivity contribution in [1.82, 2.24) is 9.47 Å². The lowest BCUT2D eigenvalue weighted by molar-refractivity contribution is 0.0906. The van der Waals surface area contributed by atoms with Crippen LogP contribution < -0.4 is 0 Å². The van der Waals surface area contributed by atoms with Crippen LogP contribution in [-0.4, -0.2) is 21.9 Å². The molecule has 1 unspecified atom stereocenters. The van der Waals surface area contributed by atoms with Crippen LogP contribution in [0, 0.1) is 0 Å². The zero-order valence-corrected chi connectivity index (χ0v) is 14.3. The summed E-state index contributed by atoms with van der Waals surface area (Å²) >= 11 is 0. The summed E-state index contributed by atoms with van der Waals surface area (Å²) in [6.07, 6.45) is 3.73. The van der Waals surface area contributed by atoms with Crippen LogP contribution in [0.3, 0.4) is 0 Å². The van der Waals surface area contributed by atoms with Gasteiger partial charge in [-0.25, -0.2) is 0 Å². The molecule has 0 fully saturated rings. The predicted octanol–water partition coefficient (Wildman–Crippen LogP) is 4.56. The van der Waals surface area contributed by atoms with Gasteiger partial charge >= 0.3 is 0 Å². The first-order chi connectivity index (χ1) is 12.3. The van der Waals surface area contributed by atoms with Crippen molar-refractivity contribution in [1.29, 1.82) is 0 Å². The van der Waals surface area contributed by atoms with E-state index in [9.17, 15) is 4.79 Å². The number of fused-ring (bicyclic) bond motifs is 3. The van der Waals surface area contributed by atoms with Gasteiger partial charge in [-0.15, -0.1) is 0 Å². The molecule has 1 aromatic heterocycles. The standard InChI is InChI=1S/C22H22N2O/c25-21-12-6-11-20-22-18(17-9-4-5-10-19(17)24(21)22)13-14-23(20)15-16-7-2-1-3-8-16/h1-5,7-10,20H,6,11-15H2.